The lowest BCUT2D eigenvalue weighted by Gasteiger charge is -2.36. The van der Waals surface area contributed by atoms with Crippen LogP contribution in [-0.2, 0) is 15.7 Å². The fourth-order valence-electron chi connectivity index (χ4n) is 2.79. The van der Waals surface area contributed by atoms with Crippen molar-refractivity contribution in [2.45, 2.75) is 6.18 Å². The number of hydrogen-bond donors (Lipinski definition) is 0. The number of nitrogens with zero attached hydrogens (tertiary/aromatic N) is 4. The molecule has 0 bridgehead atoms. The first-order valence-electron chi connectivity index (χ1n) is 8.48. The zero-order chi connectivity index (χ0) is 20.1. The molecule has 0 N–H and O–H groups in total. The molecule has 1 aliphatic heterocycles. The third kappa shape index (κ3) is 4.76. The van der Waals surface area contributed by atoms with Crippen molar-refractivity contribution in [2.75, 3.05) is 37.7 Å². The molecule has 1 aromatic carbocycles. The van der Waals surface area contributed by atoms with Crippen molar-refractivity contribution >= 4 is 17.6 Å². The molecule has 3 rings (SSSR count). The molecule has 0 spiro atoms. The number of piperazine rings is 1. The summed E-state index contributed by atoms with van der Waals surface area (Å²) in [6.07, 6.45) is -0.418. The standard InChI is InChI=1S/C18H17F3N4O3/c19-18(20,21)13-2-1-3-14(10-13)24-6-8-25(9-7-24)16(26)12-28-17(27)15-11-22-4-5-23-15/h1-5,10-11H,6-9,12H2. The van der Waals surface area contributed by atoms with E-state index in [0.717, 1.165) is 12.1 Å². The largest absolute Gasteiger partial charge is 0.451 e. The van der Waals surface area contributed by atoms with E-state index in [1.54, 1.807) is 11.0 Å². The number of rotatable bonds is 4. The summed E-state index contributed by atoms with van der Waals surface area (Å²) in [5.41, 5.74) is -0.250. The van der Waals surface area contributed by atoms with Crippen LogP contribution in [0.2, 0.25) is 0 Å². The van der Waals surface area contributed by atoms with E-state index in [1.807, 2.05) is 0 Å². The summed E-state index contributed by atoms with van der Waals surface area (Å²) in [6.45, 7) is 0.963. The number of ether oxygens (including phenoxy) is 1. The van der Waals surface area contributed by atoms with Crippen LogP contribution in [0.4, 0.5) is 18.9 Å². The highest BCUT2D eigenvalue weighted by Crippen LogP contribution is 2.31. The van der Waals surface area contributed by atoms with Gasteiger partial charge in [0, 0.05) is 44.3 Å². The van der Waals surface area contributed by atoms with Crippen molar-refractivity contribution in [3.63, 3.8) is 0 Å². The smallest absolute Gasteiger partial charge is 0.416 e. The minimum atomic E-state index is -4.40. The number of alkyl halides is 3. The molecule has 28 heavy (non-hydrogen) atoms. The fraction of sp³-hybridized carbons (Fsp3) is 0.333. The molecule has 1 saturated heterocycles. The summed E-state index contributed by atoms with van der Waals surface area (Å²) in [7, 11) is 0. The summed E-state index contributed by atoms with van der Waals surface area (Å²) < 4.78 is 43.5. The third-order valence-corrected chi connectivity index (χ3v) is 4.27. The van der Waals surface area contributed by atoms with Gasteiger partial charge in [-0.05, 0) is 18.2 Å². The number of amides is 1. The number of esters is 1. The molecule has 0 unspecified atom stereocenters. The quantitative estimate of drug-likeness (QED) is 0.739. The molecule has 1 amide bonds. The maximum absolute atomic E-state index is 12.9. The van der Waals surface area contributed by atoms with Crippen LogP contribution < -0.4 is 4.90 Å². The van der Waals surface area contributed by atoms with Gasteiger partial charge in [-0.1, -0.05) is 6.07 Å². The zero-order valence-electron chi connectivity index (χ0n) is 14.7. The summed E-state index contributed by atoms with van der Waals surface area (Å²) in [5.74, 6) is -1.12. The monoisotopic (exact) mass is 394 g/mol. The van der Waals surface area contributed by atoms with Gasteiger partial charge in [0.2, 0.25) is 0 Å². The van der Waals surface area contributed by atoms with E-state index in [2.05, 4.69) is 9.97 Å². The van der Waals surface area contributed by atoms with Gasteiger partial charge in [-0.25, -0.2) is 9.78 Å². The lowest BCUT2D eigenvalue weighted by Crippen LogP contribution is -2.50. The van der Waals surface area contributed by atoms with E-state index in [0.29, 0.717) is 31.9 Å². The lowest BCUT2D eigenvalue weighted by atomic mass is 10.1. The number of hydrogen-bond acceptors (Lipinski definition) is 6. The predicted molar refractivity (Wildman–Crippen MR) is 92.6 cm³/mol. The Balaban J connectivity index is 1.51. The molecule has 0 radical (unpaired) electrons. The normalized spacial score (nSPS) is 14.7. The molecule has 10 heteroatoms. The Hall–Kier alpha value is -3.17. The summed E-state index contributed by atoms with van der Waals surface area (Å²) >= 11 is 0. The molecule has 7 nitrogen and oxygen atoms in total. The first-order valence-corrected chi connectivity index (χ1v) is 8.48. The molecular formula is C18H17F3N4O3. The Bertz CT molecular complexity index is 837. The number of benzene rings is 1. The minimum Gasteiger partial charge on any atom is -0.451 e. The summed E-state index contributed by atoms with van der Waals surface area (Å²) in [6, 6.07) is 5.09. The van der Waals surface area contributed by atoms with Gasteiger partial charge >= 0.3 is 12.1 Å². The minimum absolute atomic E-state index is 0.00432. The van der Waals surface area contributed by atoms with Gasteiger partial charge in [-0.3, -0.25) is 9.78 Å². The molecule has 1 aliphatic rings. The van der Waals surface area contributed by atoms with Crippen LogP contribution in [0.1, 0.15) is 16.1 Å². The van der Waals surface area contributed by atoms with E-state index in [9.17, 15) is 22.8 Å². The second kappa shape index (κ2) is 8.24. The SMILES string of the molecule is O=C(OCC(=O)N1CCN(c2cccc(C(F)(F)F)c2)CC1)c1cnccn1. The summed E-state index contributed by atoms with van der Waals surface area (Å²) in [5, 5.41) is 0. The van der Waals surface area contributed by atoms with E-state index >= 15 is 0 Å². The molecule has 2 aromatic rings. The van der Waals surface area contributed by atoms with Gasteiger partial charge in [-0.2, -0.15) is 13.2 Å². The third-order valence-electron chi connectivity index (χ3n) is 4.27. The van der Waals surface area contributed by atoms with Crippen molar-refractivity contribution in [1.82, 2.24) is 14.9 Å². The maximum Gasteiger partial charge on any atom is 0.416 e. The van der Waals surface area contributed by atoms with Crippen molar-refractivity contribution in [3.05, 3.63) is 54.1 Å². The first-order chi connectivity index (χ1) is 13.3. The number of carbonyl (C=O) groups excluding carboxylic acids is 2. The highest BCUT2D eigenvalue weighted by atomic mass is 19.4. The molecule has 0 aliphatic carbocycles. The van der Waals surface area contributed by atoms with E-state index in [1.165, 1.54) is 29.6 Å². The van der Waals surface area contributed by atoms with E-state index in [-0.39, 0.29) is 11.6 Å². The number of aromatic nitrogens is 2. The Kier molecular flexibility index (Phi) is 5.76. The Labute approximate surface area is 158 Å². The van der Waals surface area contributed by atoms with Crippen LogP contribution in [0.15, 0.2) is 42.9 Å². The van der Waals surface area contributed by atoms with Crippen LogP contribution in [0, 0.1) is 0 Å². The fourth-order valence-corrected chi connectivity index (χ4v) is 2.79. The van der Waals surface area contributed by atoms with Gasteiger partial charge in [0.25, 0.3) is 5.91 Å². The highest BCUT2D eigenvalue weighted by molar-refractivity contribution is 5.89. The number of anilines is 1. The summed E-state index contributed by atoms with van der Waals surface area (Å²) in [4.78, 5) is 34.8. The average molecular weight is 394 g/mol. The van der Waals surface area contributed by atoms with Crippen LogP contribution >= 0.6 is 0 Å². The van der Waals surface area contributed by atoms with Gasteiger partial charge in [0.05, 0.1) is 11.8 Å². The predicted octanol–water partition coefficient (Wildman–Crippen LogP) is 2.00. The Morgan fingerprint density at radius 3 is 2.50 bits per heavy atom. The highest BCUT2D eigenvalue weighted by Gasteiger charge is 2.31. The van der Waals surface area contributed by atoms with E-state index < -0.39 is 24.3 Å². The van der Waals surface area contributed by atoms with Gasteiger partial charge in [-0.15, -0.1) is 0 Å². The first kappa shape index (κ1) is 19.6. The molecule has 0 saturated carbocycles. The second-order valence-electron chi connectivity index (χ2n) is 6.08. The molecule has 0 atom stereocenters. The molecular weight excluding hydrogens is 377 g/mol. The topological polar surface area (TPSA) is 75.6 Å². The average Bonchev–Trinajstić information content (AvgIpc) is 2.72. The van der Waals surface area contributed by atoms with Gasteiger partial charge in [0.1, 0.15) is 0 Å². The molecule has 2 heterocycles. The van der Waals surface area contributed by atoms with Crippen molar-refractivity contribution in [1.29, 1.82) is 0 Å². The maximum atomic E-state index is 12.9. The van der Waals surface area contributed by atoms with Crippen LogP contribution in [-0.4, -0.2) is 59.5 Å². The second-order valence-corrected chi connectivity index (χ2v) is 6.08. The van der Waals surface area contributed by atoms with Crippen molar-refractivity contribution in [3.8, 4) is 0 Å². The Morgan fingerprint density at radius 1 is 1.11 bits per heavy atom. The lowest BCUT2D eigenvalue weighted by molar-refractivity contribution is -0.137. The van der Waals surface area contributed by atoms with Crippen LogP contribution in [0.5, 0.6) is 0 Å². The van der Waals surface area contributed by atoms with Crippen LogP contribution in [0.25, 0.3) is 0 Å². The molecule has 1 aromatic heterocycles. The van der Waals surface area contributed by atoms with Crippen molar-refractivity contribution < 1.29 is 27.5 Å². The van der Waals surface area contributed by atoms with E-state index in [4.69, 9.17) is 4.74 Å². The zero-order valence-corrected chi connectivity index (χ0v) is 14.7. The molecule has 1 fully saturated rings. The van der Waals surface area contributed by atoms with Gasteiger partial charge in [0.15, 0.2) is 12.3 Å². The number of halogens is 3. The van der Waals surface area contributed by atoms with Crippen molar-refractivity contribution in [2.24, 2.45) is 0 Å². The van der Waals surface area contributed by atoms with Crippen LogP contribution in [0.3, 0.4) is 0 Å². The van der Waals surface area contributed by atoms with Gasteiger partial charge < -0.3 is 14.5 Å². The number of carbonyl (C=O) groups is 2. The molecule has 148 valence electrons. The Morgan fingerprint density at radius 2 is 1.86 bits per heavy atom.